The number of anilines is 2. The van der Waals surface area contributed by atoms with Crippen molar-refractivity contribution in [3.8, 4) is 0 Å². The van der Waals surface area contributed by atoms with Gasteiger partial charge in [0, 0.05) is 36.5 Å². The summed E-state index contributed by atoms with van der Waals surface area (Å²) in [5.41, 5.74) is 5.24. The van der Waals surface area contributed by atoms with Crippen LogP contribution in [0.2, 0.25) is 5.02 Å². The molecule has 0 aliphatic carbocycles. The summed E-state index contributed by atoms with van der Waals surface area (Å²) in [7, 11) is 2.12. The Balaban J connectivity index is 1.46. The number of hydrogen-bond acceptors (Lipinski definition) is 4. The monoisotopic (exact) mass is 454 g/mol. The van der Waals surface area contributed by atoms with Gasteiger partial charge >= 0.3 is 11.8 Å². The molecule has 1 saturated heterocycles. The number of likely N-dealkylation sites (N-methyl/N-ethyl adjacent to an activating group) is 1. The van der Waals surface area contributed by atoms with Crippen LogP contribution in [0.15, 0.2) is 36.4 Å². The number of piperidine rings is 1. The third-order valence-electron chi connectivity index (χ3n) is 6.56. The molecule has 170 valence electrons. The summed E-state index contributed by atoms with van der Waals surface area (Å²) < 4.78 is 0. The van der Waals surface area contributed by atoms with E-state index in [1.54, 1.807) is 12.1 Å². The van der Waals surface area contributed by atoms with Crippen molar-refractivity contribution >= 4 is 34.8 Å². The van der Waals surface area contributed by atoms with Crippen molar-refractivity contribution < 1.29 is 9.59 Å². The zero-order valence-corrected chi connectivity index (χ0v) is 19.5. The van der Waals surface area contributed by atoms with Crippen molar-refractivity contribution in [3.63, 3.8) is 0 Å². The highest BCUT2D eigenvalue weighted by Crippen LogP contribution is 2.32. The van der Waals surface area contributed by atoms with E-state index in [2.05, 4.69) is 45.7 Å². The summed E-state index contributed by atoms with van der Waals surface area (Å²) in [4.78, 5) is 29.8. The Kier molecular flexibility index (Phi) is 7.01. The van der Waals surface area contributed by atoms with E-state index in [-0.39, 0.29) is 6.04 Å². The van der Waals surface area contributed by atoms with E-state index in [0.29, 0.717) is 17.3 Å². The number of fused-ring (bicyclic) bond motifs is 1. The molecule has 0 spiro atoms. The van der Waals surface area contributed by atoms with Crippen LogP contribution in [0.5, 0.6) is 0 Å². The van der Waals surface area contributed by atoms with Crippen LogP contribution < -0.4 is 15.5 Å². The SMILES string of the molecule is Cc1ccc(Cl)cc1NC(=O)C(=O)NC[C@H](c1ccc2c(c1)CCN2C)N1CCCCC1. The Morgan fingerprint density at radius 1 is 1.03 bits per heavy atom. The highest BCUT2D eigenvalue weighted by molar-refractivity contribution is 6.40. The van der Waals surface area contributed by atoms with Gasteiger partial charge < -0.3 is 15.5 Å². The van der Waals surface area contributed by atoms with Gasteiger partial charge in [-0.2, -0.15) is 0 Å². The fourth-order valence-corrected chi connectivity index (χ4v) is 4.83. The van der Waals surface area contributed by atoms with Crippen molar-refractivity contribution in [3.05, 3.63) is 58.1 Å². The standard InChI is InChI=1S/C25H31ClN4O2/c1-17-6-8-20(26)15-21(17)28-25(32)24(31)27-16-23(30-11-4-3-5-12-30)18-7-9-22-19(14-18)10-13-29(22)2/h6-9,14-15,23H,3-5,10-13,16H2,1-2H3,(H,27,31)(H,28,32)/t23-/m1/s1. The second-order valence-electron chi connectivity index (χ2n) is 8.80. The Hall–Kier alpha value is -2.57. The molecule has 2 aliphatic heterocycles. The van der Waals surface area contributed by atoms with E-state index in [4.69, 9.17) is 11.6 Å². The predicted octanol–water partition coefficient (Wildman–Crippen LogP) is 3.92. The van der Waals surface area contributed by atoms with Crippen LogP contribution >= 0.6 is 11.6 Å². The largest absolute Gasteiger partial charge is 0.374 e. The van der Waals surface area contributed by atoms with Crippen LogP contribution in [-0.2, 0) is 16.0 Å². The number of hydrogen-bond donors (Lipinski definition) is 2. The van der Waals surface area contributed by atoms with Crippen LogP contribution in [0.1, 0.15) is 42.0 Å². The highest BCUT2D eigenvalue weighted by atomic mass is 35.5. The van der Waals surface area contributed by atoms with Gasteiger partial charge in [0.05, 0.1) is 6.04 Å². The smallest absolute Gasteiger partial charge is 0.313 e. The molecule has 32 heavy (non-hydrogen) atoms. The van der Waals surface area contributed by atoms with Crippen molar-refractivity contribution in [1.29, 1.82) is 0 Å². The van der Waals surface area contributed by atoms with Crippen LogP contribution in [0.3, 0.4) is 0 Å². The molecule has 0 saturated carbocycles. The van der Waals surface area contributed by atoms with Crippen LogP contribution in [0.25, 0.3) is 0 Å². The van der Waals surface area contributed by atoms with Gasteiger partial charge in [0.25, 0.3) is 0 Å². The minimum absolute atomic E-state index is 0.0520. The molecule has 2 N–H and O–H groups in total. The Morgan fingerprint density at radius 3 is 2.59 bits per heavy atom. The number of rotatable bonds is 5. The quantitative estimate of drug-likeness (QED) is 0.672. The molecule has 4 rings (SSSR count). The number of nitrogens with one attached hydrogen (secondary N) is 2. The Bertz CT molecular complexity index is 1000. The third kappa shape index (κ3) is 5.08. The summed E-state index contributed by atoms with van der Waals surface area (Å²) in [6.45, 7) is 5.31. The van der Waals surface area contributed by atoms with Gasteiger partial charge in [-0.15, -0.1) is 0 Å². The number of halogens is 1. The lowest BCUT2D eigenvalue weighted by Crippen LogP contribution is -2.43. The number of carbonyl (C=O) groups excluding carboxylic acids is 2. The molecule has 2 amide bonds. The van der Waals surface area contributed by atoms with Crippen LogP contribution in [0, 0.1) is 6.92 Å². The summed E-state index contributed by atoms with van der Waals surface area (Å²) in [5.74, 6) is -1.31. The van der Waals surface area contributed by atoms with Gasteiger partial charge in [0.2, 0.25) is 0 Å². The molecule has 0 aromatic heterocycles. The molecule has 2 aliphatic rings. The molecular formula is C25H31ClN4O2. The first-order chi connectivity index (χ1) is 15.4. The molecule has 2 aromatic rings. The number of aryl methyl sites for hydroxylation is 1. The number of carbonyl (C=O) groups is 2. The van der Waals surface area contributed by atoms with E-state index < -0.39 is 11.8 Å². The van der Waals surface area contributed by atoms with Gasteiger partial charge in [0.1, 0.15) is 0 Å². The first-order valence-electron chi connectivity index (χ1n) is 11.4. The van der Waals surface area contributed by atoms with Crippen molar-refractivity contribution in [2.45, 2.75) is 38.6 Å². The average molecular weight is 455 g/mol. The topological polar surface area (TPSA) is 64.7 Å². The minimum atomic E-state index is -0.677. The molecule has 7 heteroatoms. The second-order valence-corrected chi connectivity index (χ2v) is 9.23. The normalized spacial score (nSPS) is 17.0. The van der Waals surface area contributed by atoms with Gasteiger partial charge in [-0.05, 0) is 74.2 Å². The summed E-state index contributed by atoms with van der Waals surface area (Å²) in [5, 5.41) is 6.06. The zero-order valence-electron chi connectivity index (χ0n) is 18.8. The lowest BCUT2D eigenvalue weighted by atomic mass is 9.98. The Labute approximate surface area is 194 Å². The van der Waals surface area contributed by atoms with Crippen molar-refractivity contribution in [2.24, 2.45) is 0 Å². The summed E-state index contributed by atoms with van der Waals surface area (Å²) in [6.07, 6.45) is 4.60. The van der Waals surface area contributed by atoms with Crippen molar-refractivity contribution in [2.75, 3.05) is 43.4 Å². The predicted molar refractivity (Wildman–Crippen MR) is 129 cm³/mol. The third-order valence-corrected chi connectivity index (χ3v) is 6.79. The molecule has 0 unspecified atom stereocenters. The molecule has 0 radical (unpaired) electrons. The van der Waals surface area contributed by atoms with Crippen LogP contribution in [-0.4, -0.2) is 49.9 Å². The lowest BCUT2D eigenvalue weighted by molar-refractivity contribution is -0.136. The van der Waals surface area contributed by atoms with Crippen molar-refractivity contribution in [1.82, 2.24) is 10.2 Å². The maximum atomic E-state index is 12.6. The first-order valence-corrected chi connectivity index (χ1v) is 11.7. The van der Waals surface area contributed by atoms with Gasteiger partial charge in [-0.25, -0.2) is 0 Å². The molecule has 2 heterocycles. The maximum absolute atomic E-state index is 12.6. The number of nitrogens with zero attached hydrogens (tertiary/aromatic N) is 2. The van der Waals surface area contributed by atoms with E-state index in [1.807, 2.05) is 13.0 Å². The lowest BCUT2D eigenvalue weighted by Gasteiger charge is -2.35. The molecule has 2 aromatic carbocycles. The van der Waals surface area contributed by atoms with E-state index >= 15 is 0 Å². The molecular weight excluding hydrogens is 424 g/mol. The highest BCUT2D eigenvalue weighted by Gasteiger charge is 2.26. The second kappa shape index (κ2) is 9.92. The van der Waals surface area contributed by atoms with Crippen LogP contribution in [0.4, 0.5) is 11.4 Å². The zero-order chi connectivity index (χ0) is 22.7. The number of benzene rings is 2. The first kappa shape index (κ1) is 22.6. The molecule has 0 bridgehead atoms. The molecule has 1 atom stereocenters. The fourth-order valence-electron chi connectivity index (χ4n) is 4.66. The van der Waals surface area contributed by atoms with E-state index in [0.717, 1.165) is 44.5 Å². The maximum Gasteiger partial charge on any atom is 0.313 e. The fraction of sp³-hybridized carbons (Fsp3) is 0.440. The van der Waals surface area contributed by atoms with E-state index in [1.165, 1.54) is 23.2 Å². The van der Waals surface area contributed by atoms with Gasteiger partial charge in [-0.3, -0.25) is 14.5 Å². The molecule has 6 nitrogen and oxygen atoms in total. The average Bonchev–Trinajstić information content (AvgIpc) is 3.17. The van der Waals surface area contributed by atoms with Gasteiger partial charge in [-0.1, -0.05) is 36.2 Å². The number of amides is 2. The summed E-state index contributed by atoms with van der Waals surface area (Å²) in [6, 6.07) is 11.9. The summed E-state index contributed by atoms with van der Waals surface area (Å²) >= 11 is 6.03. The van der Waals surface area contributed by atoms with Gasteiger partial charge in [0.15, 0.2) is 0 Å². The minimum Gasteiger partial charge on any atom is -0.374 e. The Morgan fingerprint density at radius 2 is 1.81 bits per heavy atom. The number of likely N-dealkylation sites (tertiary alicyclic amines) is 1. The molecule has 1 fully saturated rings. The van der Waals surface area contributed by atoms with E-state index in [9.17, 15) is 9.59 Å².